The summed E-state index contributed by atoms with van der Waals surface area (Å²) in [6.45, 7) is 4.45. The van der Waals surface area contributed by atoms with E-state index in [-0.39, 0.29) is 0 Å². The summed E-state index contributed by atoms with van der Waals surface area (Å²) in [7, 11) is -3.90. The lowest BCUT2D eigenvalue weighted by molar-refractivity contribution is -0.514. The van der Waals surface area contributed by atoms with Crippen molar-refractivity contribution in [3.05, 3.63) is 12.3 Å². The maximum atomic E-state index is 9.75. The van der Waals surface area contributed by atoms with E-state index in [1.165, 1.54) is 19.4 Å². The summed E-state index contributed by atoms with van der Waals surface area (Å²) in [6.07, 6.45) is 8.92. The SMILES string of the molecule is CCCCN1C=CC=[N+](C)C1.F[B-](F)(F)F. The fourth-order valence-electron chi connectivity index (χ4n) is 1.19. The Bertz CT molecular complexity index is 244. The van der Waals surface area contributed by atoms with Crippen LogP contribution < -0.4 is 0 Å². The van der Waals surface area contributed by atoms with Crippen LogP contribution in [0.2, 0.25) is 0 Å². The summed E-state index contributed by atoms with van der Waals surface area (Å²) in [6, 6.07) is 0. The number of hydrogen-bond donors (Lipinski definition) is 0. The predicted molar refractivity (Wildman–Crippen MR) is 58.1 cm³/mol. The third-order valence-corrected chi connectivity index (χ3v) is 1.84. The van der Waals surface area contributed by atoms with Crippen molar-refractivity contribution in [3.8, 4) is 0 Å². The van der Waals surface area contributed by atoms with Crippen molar-refractivity contribution in [1.29, 1.82) is 0 Å². The van der Waals surface area contributed by atoms with Crippen LogP contribution in [0.1, 0.15) is 19.8 Å². The van der Waals surface area contributed by atoms with Gasteiger partial charge in [-0.25, -0.2) is 4.58 Å². The molecule has 0 radical (unpaired) electrons. The Labute approximate surface area is 93.4 Å². The first-order valence-electron chi connectivity index (χ1n) is 5.16. The minimum atomic E-state index is -6.00. The molecule has 1 aliphatic rings. The maximum absolute atomic E-state index is 9.75. The minimum Gasteiger partial charge on any atom is -0.418 e. The molecular weight excluding hydrogens is 223 g/mol. The first kappa shape index (κ1) is 15.0. The predicted octanol–water partition coefficient (Wildman–Crippen LogP) is 2.59. The molecule has 0 spiro atoms. The smallest absolute Gasteiger partial charge is 0.418 e. The van der Waals surface area contributed by atoms with E-state index in [1.54, 1.807) is 0 Å². The molecule has 1 heterocycles. The van der Waals surface area contributed by atoms with Crippen LogP contribution in [0.25, 0.3) is 0 Å². The molecule has 7 heteroatoms. The lowest BCUT2D eigenvalue weighted by atomic mass is 10.3. The van der Waals surface area contributed by atoms with Crippen LogP contribution >= 0.6 is 0 Å². The zero-order chi connectivity index (χ0) is 12.6. The first-order chi connectivity index (χ1) is 7.33. The number of nitrogens with zero attached hydrogens (tertiary/aromatic N) is 2. The number of rotatable bonds is 3. The molecule has 0 atom stereocenters. The highest BCUT2D eigenvalue weighted by Gasteiger charge is 2.20. The molecule has 2 nitrogen and oxygen atoms in total. The van der Waals surface area contributed by atoms with Crippen LogP contribution in [-0.4, -0.2) is 43.2 Å². The Hall–Kier alpha value is -1.01. The van der Waals surface area contributed by atoms with Gasteiger partial charge < -0.3 is 22.2 Å². The van der Waals surface area contributed by atoms with E-state index in [0.717, 1.165) is 6.67 Å². The second-order valence-electron chi connectivity index (χ2n) is 3.55. The van der Waals surface area contributed by atoms with Crippen LogP contribution in [0.5, 0.6) is 0 Å². The summed E-state index contributed by atoms with van der Waals surface area (Å²) in [5.74, 6) is 0. The number of halogens is 4. The summed E-state index contributed by atoms with van der Waals surface area (Å²) >= 11 is 0. The van der Waals surface area contributed by atoms with E-state index in [1.807, 2.05) is 0 Å². The number of unbranched alkanes of at least 4 members (excludes halogenated alkanes) is 1. The molecule has 0 saturated heterocycles. The molecule has 0 fully saturated rings. The van der Waals surface area contributed by atoms with Crippen molar-refractivity contribution in [2.75, 3.05) is 20.3 Å². The van der Waals surface area contributed by atoms with Gasteiger partial charge >= 0.3 is 7.25 Å². The molecule has 0 saturated carbocycles. The van der Waals surface area contributed by atoms with Gasteiger partial charge in [0.2, 0.25) is 6.67 Å². The lowest BCUT2D eigenvalue weighted by Crippen LogP contribution is -2.30. The number of hydrogen-bond acceptors (Lipinski definition) is 1. The normalized spacial score (nSPS) is 15.4. The third-order valence-electron chi connectivity index (χ3n) is 1.84. The fraction of sp³-hybridized carbons (Fsp3) is 0.667. The van der Waals surface area contributed by atoms with Crippen LogP contribution in [0.15, 0.2) is 12.3 Å². The van der Waals surface area contributed by atoms with Crippen molar-refractivity contribution < 1.29 is 21.8 Å². The highest BCUT2D eigenvalue weighted by atomic mass is 19.5. The maximum Gasteiger partial charge on any atom is 0.673 e. The van der Waals surface area contributed by atoms with Gasteiger partial charge in [0.05, 0.1) is 0 Å². The summed E-state index contributed by atoms with van der Waals surface area (Å²) < 4.78 is 41.2. The lowest BCUT2D eigenvalue weighted by Gasteiger charge is -2.18. The number of allylic oxidation sites excluding steroid dienone is 1. The molecule has 0 aliphatic carbocycles. The largest absolute Gasteiger partial charge is 0.673 e. The Kier molecular flexibility index (Phi) is 6.84. The summed E-state index contributed by atoms with van der Waals surface area (Å²) in [5.41, 5.74) is 0. The van der Waals surface area contributed by atoms with Crippen molar-refractivity contribution in [1.82, 2.24) is 4.90 Å². The highest BCUT2D eigenvalue weighted by Crippen LogP contribution is 2.06. The van der Waals surface area contributed by atoms with E-state index < -0.39 is 7.25 Å². The zero-order valence-electron chi connectivity index (χ0n) is 9.54. The Morgan fingerprint density at radius 1 is 1.31 bits per heavy atom. The Morgan fingerprint density at radius 2 is 1.88 bits per heavy atom. The van der Waals surface area contributed by atoms with Gasteiger partial charge in [0.15, 0.2) is 6.21 Å². The van der Waals surface area contributed by atoms with Gasteiger partial charge in [-0.1, -0.05) is 13.3 Å². The monoisotopic (exact) mass is 240 g/mol. The van der Waals surface area contributed by atoms with E-state index >= 15 is 0 Å². The topological polar surface area (TPSA) is 6.25 Å². The Morgan fingerprint density at radius 3 is 2.31 bits per heavy atom. The molecule has 0 unspecified atom stereocenters. The summed E-state index contributed by atoms with van der Waals surface area (Å²) in [5, 5.41) is 0. The average molecular weight is 240 g/mol. The molecule has 1 rings (SSSR count). The van der Waals surface area contributed by atoms with Crippen molar-refractivity contribution >= 4 is 13.5 Å². The average Bonchev–Trinajstić information content (AvgIpc) is 2.12. The van der Waals surface area contributed by atoms with Gasteiger partial charge in [-0.3, -0.25) is 0 Å². The quantitative estimate of drug-likeness (QED) is 0.417. The molecule has 0 aromatic carbocycles. The molecule has 0 aromatic rings. The van der Waals surface area contributed by atoms with Gasteiger partial charge in [0, 0.05) is 18.8 Å². The second-order valence-corrected chi connectivity index (χ2v) is 3.55. The van der Waals surface area contributed by atoms with E-state index in [2.05, 4.69) is 41.9 Å². The van der Waals surface area contributed by atoms with E-state index in [4.69, 9.17) is 0 Å². The first-order valence-corrected chi connectivity index (χ1v) is 5.16. The minimum absolute atomic E-state index is 1.04. The Balaban J connectivity index is 0.000000385. The molecule has 0 bridgehead atoms. The summed E-state index contributed by atoms with van der Waals surface area (Å²) in [4.78, 5) is 2.34. The van der Waals surface area contributed by atoms with Gasteiger partial charge in [0.25, 0.3) is 0 Å². The highest BCUT2D eigenvalue weighted by molar-refractivity contribution is 6.50. The van der Waals surface area contributed by atoms with Crippen molar-refractivity contribution in [3.63, 3.8) is 0 Å². The van der Waals surface area contributed by atoms with Gasteiger partial charge in [-0.2, -0.15) is 0 Å². The van der Waals surface area contributed by atoms with E-state index in [9.17, 15) is 17.3 Å². The molecule has 1 aliphatic heterocycles. The van der Waals surface area contributed by atoms with Crippen molar-refractivity contribution in [2.45, 2.75) is 19.8 Å². The van der Waals surface area contributed by atoms with E-state index in [0.29, 0.717) is 0 Å². The standard InChI is InChI=1S/C9H17N2.BF4/c1-3-4-7-11-8-5-6-10(2)9-11;2-1(3,4)5/h5-6,8H,3-4,7,9H2,1-2H3;/q+1;-1. The molecule has 16 heavy (non-hydrogen) atoms. The van der Waals surface area contributed by atoms with Crippen LogP contribution in [-0.2, 0) is 0 Å². The molecular formula is C9H17BF4N2. The van der Waals surface area contributed by atoms with Gasteiger partial charge in [-0.05, 0) is 6.42 Å². The third kappa shape index (κ3) is 11.1. The van der Waals surface area contributed by atoms with Gasteiger partial charge in [0.1, 0.15) is 7.05 Å². The van der Waals surface area contributed by atoms with Crippen LogP contribution in [0.4, 0.5) is 17.3 Å². The zero-order valence-corrected chi connectivity index (χ0v) is 9.54. The fourth-order valence-corrected chi connectivity index (χ4v) is 1.19. The second kappa shape index (κ2) is 7.30. The van der Waals surface area contributed by atoms with Gasteiger partial charge in [-0.15, -0.1) is 0 Å². The molecule has 0 amide bonds. The van der Waals surface area contributed by atoms with Crippen molar-refractivity contribution in [2.24, 2.45) is 0 Å². The molecule has 0 aromatic heterocycles. The molecule has 94 valence electrons. The molecule has 0 N–H and O–H groups in total. The van der Waals surface area contributed by atoms with Crippen LogP contribution in [0.3, 0.4) is 0 Å². The van der Waals surface area contributed by atoms with Crippen LogP contribution in [0, 0.1) is 0 Å².